The first-order chi connectivity index (χ1) is 10.1. The van der Waals surface area contributed by atoms with Gasteiger partial charge in [-0.25, -0.2) is 4.98 Å². The molecule has 0 amide bonds. The number of nitrogens with zero attached hydrogens (tertiary/aromatic N) is 5. The summed E-state index contributed by atoms with van der Waals surface area (Å²) in [6, 6.07) is 9.70. The zero-order valence-corrected chi connectivity index (χ0v) is 12.3. The third-order valence-corrected chi connectivity index (χ3v) is 3.58. The van der Waals surface area contributed by atoms with Crippen molar-refractivity contribution in [3.8, 4) is 17.5 Å². The molecule has 0 unspecified atom stereocenters. The van der Waals surface area contributed by atoms with E-state index in [1.54, 1.807) is 6.07 Å². The van der Waals surface area contributed by atoms with E-state index in [0.29, 0.717) is 5.56 Å². The van der Waals surface area contributed by atoms with Crippen molar-refractivity contribution in [1.82, 2.24) is 19.7 Å². The maximum Gasteiger partial charge on any atom is 0.142 e. The second kappa shape index (κ2) is 4.98. The zero-order valence-electron chi connectivity index (χ0n) is 12.3. The zero-order chi connectivity index (χ0) is 15.0. The summed E-state index contributed by atoms with van der Waals surface area (Å²) in [6.45, 7) is 3.98. The normalized spacial score (nSPS) is 10.8. The van der Waals surface area contributed by atoms with E-state index in [1.165, 1.54) is 0 Å². The Kier molecular flexibility index (Phi) is 3.15. The summed E-state index contributed by atoms with van der Waals surface area (Å²) < 4.78 is 2.01. The highest BCUT2D eigenvalue weighted by Crippen LogP contribution is 2.26. The molecule has 5 nitrogen and oxygen atoms in total. The molecule has 3 aromatic rings. The van der Waals surface area contributed by atoms with Gasteiger partial charge in [-0.05, 0) is 37.6 Å². The first-order valence-corrected chi connectivity index (χ1v) is 6.84. The van der Waals surface area contributed by atoms with Gasteiger partial charge in [0, 0.05) is 12.6 Å². The second-order valence-electron chi connectivity index (χ2n) is 5.01. The van der Waals surface area contributed by atoms with Gasteiger partial charge < -0.3 is 4.57 Å². The van der Waals surface area contributed by atoms with Gasteiger partial charge in [0.2, 0.25) is 0 Å². The van der Waals surface area contributed by atoms with Gasteiger partial charge in [0.15, 0.2) is 0 Å². The molecule has 0 saturated heterocycles. The molecule has 104 valence electrons. The molecule has 1 aromatic carbocycles. The largest absolute Gasteiger partial charge is 0.327 e. The molecule has 3 rings (SSSR count). The van der Waals surface area contributed by atoms with Crippen molar-refractivity contribution in [3.63, 3.8) is 0 Å². The number of aromatic nitrogens is 4. The van der Waals surface area contributed by atoms with Crippen LogP contribution in [-0.2, 0) is 13.5 Å². The predicted molar refractivity (Wildman–Crippen MR) is 80.6 cm³/mol. The van der Waals surface area contributed by atoms with Gasteiger partial charge >= 0.3 is 0 Å². The van der Waals surface area contributed by atoms with Crippen LogP contribution < -0.4 is 0 Å². The number of benzene rings is 1. The fourth-order valence-electron chi connectivity index (χ4n) is 2.47. The molecule has 0 aliphatic heterocycles. The summed E-state index contributed by atoms with van der Waals surface area (Å²) in [4.78, 5) is 4.69. The first kappa shape index (κ1) is 13.3. The van der Waals surface area contributed by atoms with E-state index in [-0.39, 0.29) is 0 Å². The van der Waals surface area contributed by atoms with Crippen molar-refractivity contribution in [2.75, 3.05) is 0 Å². The molecular weight excluding hydrogens is 262 g/mol. The fraction of sp³-hybridized carbons (Fsp3) is 0.250. The summed E-state index contributed by atoms with van der Waals surface area (Å²) in [5.41, 5.74) is 5.26. The van der Waals surface area contributed by atoms with Crippen LogP contribution in [0.1, 0.15) is 23.9 Å². The van der Waals surface area contributed by atoms with E-state index in [1.807, 2.05) is 36.7 Å². The fourth-order valence-corrected chi connectivity index (χ4v) is 2.47. The second-order valence-corrected chi connectivity index (χ2v) is 5.01. The topological polar surface area (TPSA) is 67.4 Å². The average Bonchev–Trinajstić information content (AvgIpc) is 2.83. The minimum atomic E-state index is 0.636. The van der Waals surface area contributed by atoms with Crippen LogP contribution in [0.2, 0.25) is 0 Å². The maximum absolute atomic E-state index is 9.03. The highest BCUT2D eigenvalue weighted by atomic mass is 15.1. The van der Waals surface area contributed by atoms with Crippen molar-refractivity contribution in [2.24, 2.45) is 7.05 Å². The minimum Gasteiger partial charge on any atom is -0.327 e. The molecule has 0 radical (unpaired) electrons. The van der Waals surface area contributed by atoms with Crippen molar-refractivity contribution in [2.45, 2.75) is 20.3 Å². The van der Waals surface area contributed by atoms with E-state index in [4.69, 9.17) is 10.2 Å². The van der Waals surface area contributed by atoms with Gasteiger partial charge in [0.05, 0.1) is 34.1 Å². The Balaban J connectivity index is 2.29. The summed E-state index contributed by atoms with van der Waals surface area (Å²) in [5, 5.41) is 17.4. The molecule has 0 saturated carbocycles. The van der Waals surface area contributed by atoms with Crippen molar-refractivity contribution in [1.29, 1.82) is 5.26 Å². The smallest absolute Gasteiger partial charge is 0.142 e. The Morgan fingerprint density at radius 2 is 2.05 bits per heavy atom. The van der Waals surface area contributed by atoms with Crippen LogP contribution >= 0.6 is 0 Å². The van der Waals surface area contributed by atoms with Crippen molar-refractivity contribution in [3.05, 3.63) is 41.2 Å². The van der Waals surface area contributed by atoms with Gasteiger partial charge in [-0.15, -0.1) is 0 Å². The highest BCUT2D eigenvalue weighted by Gasteiger charge is 2.14. The number of aryl methyl sites for hydroxylation is 3. The lowest BCUT2D eigenvalue weighted by Crippen LogP contribution is -2.01. The lowest BCUT2D eigenvalue weighted by molar-refractivity contribution is 0.880. The van der Waals surface area contributed by atoms with E-state index < -0.39 is 0 Å². The Morgan fingerprint density at radius 1 is 1.24 bits per heavy atom. The number of nitriles is 1. The molecule has 2 aromatic heterocycles. The van der Waals surface area contributed by atoms with Gasteiger partial charge in [-0.2, -0.15) is 15.5 Å². The molecular formula is C16H15N5. The third-order valence-electron chi connectivity index (χ3n) is 3.58. The molecule has 21 heavy (non-hydrogen) atoms. The molecule has 0 N–H and O–H groups in total. The maximum atomic E-state index is 9.03. The Labute approximate surface area is 122 Å². The predicted octanol–water partition coefficient (Wildman–Crippen LogP) is 2.77. The van der Waals surface area contributed by atoms with E-state index in [9.17, 15) is 0 Å². The van der Waals surface area contributed by atoms with E-state index in [0.717, 1.165) is 40.2 Å². The van der Waals surface area contributed by atoms with Crippen LogP contribution in [0, 0.1) is 18.3 Å². The lowest BCUT2D eigenvalue weighted by Gasteiger charge is -2.07. The molecule has 5 heteroatoms. The van der Waals surface area contributed by atoms with Crippen molar-refractivity contribution < 1.29 is 0 Å². The molecule has 0 atom stereocenters. The number of hydrogen-bond acceptors (Lipinski definition) is 4. The van der Waals surface area contributed by atoms with Gasteiger partial charge in [0.1, 0.15) is 5.82 Å². The summed E-state index contributed by atoms with van der Waals surface area (Å²) in [6.07, 6.45) is 0.801. The molecule has 0 fully saturated rings. The number of imidazole rings is 1. The van der Waals surface area contributed by atoms with Gasteiger partial charge in [-0.3, -0.25) is 0 Å². The number of fused-ring (bicyclic) bond motifs is 1. The molecule has 0 aliphatic carbocycles. The summed E-state index contributed by atoms with van der Waals surface area (Å²) in [5.74, 6) is 0.856. The summed E-state index contributed by atoms with van der Waals surface area (Å²) >= 11 is 0. The Hall–Kier alpha value is -2.74. The van der Waals surface area contributed by atoms with Crippen LogP contribution in [0.15, 0.2) is 24.3 Å². The van der Waals surface area contributed by atoms with Crippen LogP contribution in [0.4, 0.5) is 0 Å². The van der Waals surface area contributed by atoms with E-state index in [2.05, 4.69) is 23.2 Å². The van der Waals surface area contributed by atoms with Gasteiger partial charge in [0.25, 0.3) is 0 Å². The Bertz CT molecular complexity index is 870. The van der Waals surface area contributed by atoms with Gasteiger partial charge in [-0.1, -0.05) is 6.92 Å². The quantitative estimate of drug-likeness (QED) is 0.722. The minimum absolute atomic E-state index is 0.636. The lowest BCUT2D eigenvalue weighted by atomic mass is 10.1. The third kappa shape index (κ3) is 2.15. The number of rotatable bonds is 2. The average molecular weight is 277 g/mol. The first-order valence-electron chi connectivity index (χ1n) is 6.84. The highest BCUT2D eigenvalue weighted by molar-refractivity contribution is 5.82. The molecule has 0 bridgehead atoms. The van der Waals surface area contributed by atoms with Crippen LogP contribution in [0.3, 0.4) is 0 Å². The van der Waals surface area contributed by atoms with Crippen LogP contribution in [0.25, 0.3) is 22.4 Å². The summed E-state index contributed by atoms with van der Waals surface area (Å²) in [7, 11) is 1.96. The standard InChI is InChI=1S/C16H15N5/c1-4-13-12(7-10(2)19-20-13)16-18-14-6-5-11(9-17)8-15(14)21(16)3/h5-8H,4H2,1-3H3. The van der Waals surface area contributed by atoms with Crippen molar-refractivity contribution >= 4 is 11.0 Å². The van der Waals surface area contributed by atoms with Crippen LogP contribution in [0.5, 0.6) is 0 Å². The molecule has 0 aliphatic rings. The van der Waals surface area contributed by atoms with Crippen LogP contribution in [-0.4, -0.2) is 19.7 Å². The molecule has 0 spiro atoms. The SMILES string of the molecule is CCc1nnc(C)cc1-c1nc2ccc(C#N)cc2n1C. The number of hydrogen-bond donors (Lipinski definition) is 0. The molecule has 2 heterocycles. The monoisotopic (exact) mass is 277 g/mol. The Morgan fingerprint density at radius 3 is 2.76 bits per heavy atom. The van der Waals surface area contributed by atoms with E-state index >= 15 is 0 Å².